The van der Waals surface area contributed by atoms with E-state index in [1.807, 2.05) is 36.4 Å². The smallest absolute Gasteiger partial charge is 0.261 e. The fraction of sp³-hybridized carbons (Fsp3) is 0.429. The summed E-state index contributed by atoms with van der Waals surface area (Å²) >= 11 is 0. The van der Waals surface area contributed by atoms with Crippen LogP contribution in [0.15, 0.2) is 53.4 Å². The molecule has 0 radical (unpaired) electrons. The van der Waals surface area contributed by atoms with Gasteiger partial charge in [0.15, 0.2) is 0 Å². The Hall–Kier alpha value is -2.01. The van der Waals surface area contributed by atoms with Crippen LogP contribution in [0.5, 0.6) is 0 Å². The van der Waals surface area contributed by atoms with Crippen molar-refractivity contribution in [1.82, 2.24) is 0 Å². The molecule has 1 saturated heterocycles. The van der Waals surface area contributed by atoms with Crippen molar-refractivity contribution in [2.45, 2.75) is 44.4 Å². The van der Waals surface area contributed by atoms with Crippen molar-refractivity contribution >= 4 is 21.4 Å². The Kier molecular flexibility index (Phi) is 5.56. The second kappa shape index (κ2) is 7.70. The Bertz CT molecular complexity index is 827. The molecule has 140 valence electrons. The first-order valence-corrected chi connectivity index (χ1v) is 10.8. The molecule has 1 aliphatic heterocycles. The van der Waals surface area contributed by atoms with Gasteiger partial charge in [0.1, 0.15) is 0 Å². The second-order valence-corrected chi connectivity index (χ2v) is 9.25. The summed E-state index contributed by atoms with van der Waals surface area (Å²) in [6, 6.07) is 14.8. The molecule has 5 heteroatoms. The van der Waals surface area contributed by atoms with Crippen LogP contribution in [0.2, 0.25) is 0 Å². The lowest BCUT2D eigenvalue weighted by Gasteiger charge is -2.32. The van der Waals surface area contributed by atoms with Crippen molar-refractivity contribution in [2.75, 3.05) is 22.7 Å². The maximum Gasteiger partial charge on any atom is 0.261 e. The van der Waals surface area contributed by atoms with Crippen LogP contribution in [-0.2, 0) is 10.0 Å². The average Bonchev–Trinajstić information content (AvgIpc) is 2.62. The second-order valence-electron chi connectivity index (χ2n) is 7.57. The maximum absolute atomic E-state index is 12.6. The van der Waals surface area contributed by atoms with Crippen molar-refractivity contribution in [3.05, 3.63) is 54.1 Å². The molecule has 1 atom stereocenters. The third kappa shape index (κ3) is 4.39. The topological polar surface area (TPSA) is 49.4 Å². The summed E-state index contributed by atoms with van der Waals surface area (Å²) in [6.07, 6.45) is 2.49. The van der Waals surface area contributed by atoms with Gasteiger partial charge in [-0.1, -0.05) is 32.9 Å². The van der Waals surface area contributed by atoms with Crippen LogP contribution in [0, 0.1) is 5.92 Å². The van der Waals surface area contributed by atoms with Crippen molar-refractivity contribution in [2.24, 2.45) is 5.92 Å². The van der Waals surface area contributed by atoms with Gasteiger partial charge in [-0.25, -0.2) is 8.42 Å². The first kappa shape index (κ1) is 18.8. The minimum Gasteiger partial charge on any atom is -0.371 e. The quantitative estimate of drug-likeness (QED) is 0.816. The third-order valence-corrected chi connectivity index (χ3v) is 6.40. The molecule has 0 aromatic heterocycles. The largest absolute Gasteiger partial charge is 0.371 e. The monoisotopic (exact) mass is 372 g/mol. The van der Waals surface area contributed by atoms with E-state index in [0.717, 1.165) is 24.3 Å². The molecule has 0 spiro atoms. The van der Waals surface area contributed by atoms with Gasteiger partial charge in [0.25, 0.3) is 10.0 Å². The summed E-state index contributed by atoms with van der Waals surface area (Å²) in [4.78, 5) is 2.66. The molecule has 2 aromatic rings. The van der Waals surface area contributed by atoms with E-state index in [1.165, 1.54) is 12.8 Å². The van der Waals surface area contributed by atoms with Crippen LogP contribution < -0.4 is 9.62 Å². The predicted molar refractivity (Wildman–Crippen MR) is 108 cm³/mol. The van der Waals surface area contributed by atoms with E-state index < -0.39 is 10.0 Å². The van der Waals surface area contributed by atoms with Crippen LogP contribution in [-0.4, -0.2) is 21.5 Å². The number of sulfonamides is 1. The number of piperidine rings is 1. The maximum atomic E-state index is 12.6. The number of rotatable bonds is 5. The summed E-state index contributed by atoms with van der Waals surface area (Å²) in [5.74, 6) is 1.08. The minimum absolute atomic E-state index is 0.288. The predicted octanol–water partition coefficient (Wildman–Crippen LogP) is 4.85. The molecule has 3 rings (SSSR count). The van der Waals surface area contributed by atoms with Crippen molar-refractivity contribution in [1.29, 1.82) is 0 Å². The summed E-state index contributed by atoms with van der Waals surface area (Å²) in [5, 5.41) is 0. The van der Waals surface area contributed by atoms with Gasteiger partial charge in [0, 0.05) is 24.5 Å². The molecule has 4 nitrogen and oxygen atoms in total. The highest BCUT2D eigenvalue weighted by molar-refractivity contribution is 7.92. The lowest BCUT2D eigenvalue weighted by Crippen LogP contribution is -2.34. The molecule has 0 aliphatic carbocycles. The Morgan fingerprint density at radius 1 is 1.04 bits per heavy atom. The van der Waals surface area contributed by atoms with Gasteiger partial charge in [-0.3, -0.25) is 4.72 Å². The zero-order valence-corrected chi connectivity index (χ0v) is 16.6. The highest BCUT2D eigenvalue weighted by atomic mass is 32.2. The molecule has 1 heterocycles. The van der Waals surface area contributed by atoms with Gasteiger partial charge in [-0.05, 0) is 66.6 Å². The molecule has 1 fully saturated rings. The van der Waals surface area contributed by atoms with E-state index in [9.17, 15) is 8.42 Å². The molecular weight excluding hydrogens is 344 g/mol. The van der Waals surface area contributed by atoms with Crippen LogP contribution in [0.25, 0.3) is 0 Å². The number of nitrogens with zero attached hydrogens (tertiary/aromatic N) is 1. The highest BCUT2D eigenvalue weighted by Crippen LogP contribution is 2.25. The van der Waals surface area contributed by atoms with Gasteiger partial charge in [0.05, 0.1) is 4.90 Å². The molecule has 0 bridgehead atoms. The van der Waals surface area contributed by atoms with E-state index in [0.29, 0.717) is 17.5 Å². The molecule has 1 unspecified atom stereocenters. The van der Waals surface area contributed by atoms with E-state index >= 15 is 0 Å². The normalized spacial score (nSPS) is 18.2. The van der Waals surface area contributed by atoms with E-state index in [2.05, 4.69) is 30.4 Å². The van der Waals surface area contributed by atoms with E-state index in [-0.39, 0.29) is 4.90 Å². The molecule has 1 N–H and O–H groups in total. The summed E-state index contributed by atoms with van der Waals surface area (Å²) in [6.45, 7) is 8.59. The molecule has 0 amide bonds. The Morgan fingerprint density at radius 2 is 1.69 bits per heavy atom. The number of nitrogens with one attached hydrogen (secondary N) is 1. The number of hydrogen-bond donors (Lipinski definition) is 1. The van der Waals surface area contributed by atoms with Gasteiger partial charge in [-0.2, -0.15) is 0 Å². The molecule has 2 aromatic carbocycles. The van der Waals surface area contributed by atoms with Crippen molar-refractivity contribution < 1.29 is 8.42 Å². The Morgan fingerprint density at radius 3 is 2.27 bits per heavy atom. The molecular formula is C21H28N2O2S. The fourth-order valence-electron chi connectivity index (χ4n) is 3.41. The number of benzene rings is 2. The van der Waals surface area contributed by atoms with Crippen molar-refractivity contribution in [3.63, 3.8) is 0 Å². The average molecular weight is 373 g/mol. The van der Waals surface area contributed by atoms with Crippen molar-refractivity contribution in [3.8, 4) is 0 Å². The zero-order valence-electron chi connectivity index (χ0n) is 15.8. The van der Waals surface area contributed by atoms with Crippen LogP contribution in [0.1, 0.15) is 45.1 Å². The lowest BCUT2D eigenvalue weighted by molar-refractivity contribution is 0.447. The fourth-order valence-corrected chi connectivity index (χ4v) is 4.47. The zero-order chi connectivity index (χ0) is 18.7. The molecule has 1 aliphatic rings. The highest BCUT2D eigenvalue weighted by Gasteiger charge is 2.18. The third-order valence-electron chi connectivity index (χ3n) is 5.00. The first-order valence-electron chi connectivity index (χ1n) is 9.33. The summed E-state index contributed by atoms with van der Waals surface area (Å²) in [7, 11) is -3.57. The van der Waals surface area contributed by atoms with Gasteiger partial charge in [-0.15, -0.1) is 0 Å². The Labute approximate surface area is 157 Å². The van der Waals surface area contributed by atoms with Gasteiger partial charge < -0.3 is 4.90 Å². The summed E-state index contributed by atoms with van der Waals surface area (Å²) in [5.41, 5.74) is 2.87. The minimum atomic E-state index is -3.57. The van der Waals surface area contributed by atoms with Crippen LogP contribution >= 0.6 is 0 Å². The molecule has 0 saturated carbocycles. The number of hydrogen-bond acceptors (Lipinski definition) is 3. The molecule has 26 heavy (non-hydrogen) atoms. The Balaban J connectivity index is 1.71. The first-order chi connectivity index (χ1) is 12.3. The van der Waals surface area contributed by atoms with E-state index in [1.54, 1.807) is 12.1 Å². The van der Waals surface area contributed by atoms with Gasteiger partial charge >= 0.3 is 0 Å². The lowest BCUT2D eigenvalue weighted by atomic mass is 10.00. The van der Waals surface area contributed by atoms with Crippen LogP contribution in [0.4, 0.5) is 11.4 Å². The standard InChI is InChI=1S/C21H28N2O2S/c1-16(2)18-6-12-21(13-7-18)26(24,25)22-19-8-10-20(11-9-19)23-14-4-5-17(3)15-23/h6-13,16-17,22H,4-5,14-15H2,1-3H3. The van der Waals surface area contributed by atoms with Gasteiger partial charge in [0.2, 0.25) is 0 Å². The summed E-state index contributed by atoms with van der Waals surface area (Å²) < 4.78 is 27.9. The number of anilines is 2. The SMILES string of the molecule is CC1CCCN(c2ccc(NS(=O)(=O)c3ccc(C(C)C)cc3)cc2)C1. The van der Waals surface area contributed by atoms with Crippen LogP contribution in [0.3, 0.4) is 0 Å². The van der Waals surface area contributed by atoms with E-state index in [4.69, 9.17) is 0 Å².